The lowest BCUT2D eigenvalue weighted by molar-refractivity contribution is -0.139. The first-order chi connectivity index (χ1) is 8.00. The van der Waals surface area contributed by atoms with E-state index >= 15 is 0 Å². The number of aliphatic hydroxyl groups excluding tert-OH is 1. The van der Waals surface area contributed by atoms with Crippen molar-refractivity contribution in [2.24, 2.45) is 0 Å². The molecule has 2 atom stereocenters. The van der Waals surface area contributed by atoms with Crippen molar-refractivity contribution in [1.29, 1.82) is 0 Å². The Morgan fingerprint density at radius 1 is 1.41 bits per heavy atom. The molecular formula is C13H17NO3. The average molecular weight is 235 g/mol. The average Bonchev–Trinajstić information content (AvgIpc) is 2.48. The van der Waals surface area contributed by atoms with E-state index in [0.717, 1.165) is 5.69 Å². The van der Waals surface area contributed by atoms with Crippen molar-refractivity contribution in [2.45, 2.75) is 32.0 Å². The van der Waals surface area contributed by atoms with Crippen LogP contribution in [0.3, 0.4) is 0 Å². The smallest absolute Gasteiger partial charge is 0.263 e. The molecule has 1 aromatic carbocycles. The number of carbonyl (C=O) groups excluding carboxylic acids is 1. The number of benzene rings is 1. The maximum Gasteiger partial charge on any atom is 0.263 e. The Balaban J connectivity index is 2.52. The summed E-state index contributed by atoms with van der Waals surface area (Å²) in [5.41, 5.74) is -0.253. The Labute approximate surface area is 100 Å². The van der Waals surface area contributed by atoms with Crippen LogP contribution in [0.2, 0.25) is 0 Å². The van der Waals surface area contributed by atoms with Gasteiger partial charge < -0.3 is 15.1 Å². The van der Waals surface area contributed by atoms with Gasteiger partial charge >= 0.3 is 0 Å². The second kappa shape index (κ2) is 4.13. The molecular weight excluding hydrogens is 218 g/mol. The molecule has 0 fully saturated rings. The number of aliphatic hydroxyl groups is 2. The van der Waals surface area contributed by atoms with Gasteiger partial charge in [-0.1, -0.05) is 18.2 Å². The quantitative estimate of drug-likeness (QED) is 0.822. The molecule has 92 valence electrons. The highest BCUT2D eigenvalue weighted by Crippen LogP contribution is 2.42. The molecule has 2 N–H and O–H groups in total. The number of carbonyl (C=O) groups is 1. The molecule has 1 heterocycles. The van der Waals surface area contributed by atoms with Crippen molar-refractivity contribution < 1.29 is 15.0 Å². The molecule has 0 saturated heterocycles. The van der Waals surface area contributed by atoms with E-state index < -0.39 is 11.7 Å². The van der Waals surface area contributed by atoms with Crippen molar-refractivity contribution in [3.8, 4) is 0 Å². The zero-order chi connectivity index (χ0) is 12.6. The van der Waals surface area contributed by atoms with Crippen LogP contribution >= 0.6 is 0 Å². The normalized spacial score (nSPS) is 24.9. The van der Waals surface area contributed by atoms with Gasteiger partial charge in [0, 0.05) is 18.5 Å². The van der Waals surface area contributed by atoms with E-state index in [0.29, 0.717) is 12.1 Å². The van der Waals surface area contributed by atoms with Crippen LogP contribution in [0.15, 0.2) is 24.3 Å². The van der Waals surface area contributed by atoms with Crippen LogP contribution in [0.4, 0.5) is 5.69 Å². The van der Waals surface area contributed by atoms with Gasteiger partial charge in [-0.15, -0.1) is 0 Å². The summed E-state index contributed by atoms with van der Waals surface area (Å²) in [7, 11) is 0. The van der Waals surface area contributed by atoms with Crippen molar-refractivity contribution in [2.75, 3.05) is 11.4 Å². The van der Waals surface area contributed by atoms with Gasteiger partial charge in [-0.3, -0.25) is 4.79 Å². The lowest BCUT2D eigenvalue weighted by Crippen LogP contribution is -2.42. The summed E-state index contributed by atoms with van der Waals surface area (Å²) in [5, 5.41) is 20.0. The maximum atomic E-state index is 12.2. The van der Waals surface area contributed by atoms with E-state index in [2.05, 4.69) is 0 Å². The zero-order valence-electron chi connectivity index (χ0n) is 10.1. The van der Waals surface area contributed by atoms with E-state index in [1.54, 1.807) is 24.0 Å². The van der Waals surface area contributed by atoms with Crippen LogP contribution in [0.25, 0.3) is 0 Å². The highest BCUT2D eigenvalue weighted by atomic mass is 16.3. The molecule has 2 rings (SSSR count). The summed E-state index contributed by atoms with van der Waals surface area (Å²) in [4.78, 5) is 13.8. The molecule has 0 saturated carbocycles. The van der Waals surface area contributed by atoms with Gasteiger partial charge in [-0.05, 0) is 19.9 Å². The summed E-state index contributed by atoms with van der Waals surface area (Å²) < 4.78 is 0. The second-order valence-electron chi connectivity index (χ2n) is 4.48. The Morgan fingerprint density at radius 2 is 2.06 bits per heavy atom. The summed E-state index contributed by atoms with van der Waals surface area (Å²) in [6, 6.07) is 7.18. The van der Waals surface area contributed by atoms with Gasteiger partial charge in [-0.25, -0.2) is 0 Å². The molecule has 1 aliphatic rings. The van der Waals surface area contributed by atoms with Gasteiger partial charge in [0.05, 0.1) is 11.8 Å². The third-order valence-electron chi connectivity index (χ3n) is 3.15. The van der Waals surface area contributed by atoms with Gasteiger partial charge in [0.2, 0.25) is 0 Å². The van der Waals surface area contributed by atoms with Crippen molar-refractivity contribution >= 4 is 11.6 Å². The number of likely N-dealkylation sites (N-methyl/N-ethyl adjacent to an activating group) is 1. The number of anilines is 1. The Kier molecular flexibility index (Phi) is 2.93. The van der Waals surface area contributed by atoms with E-state index in [4.69, 9.17) is 0 Å². The molecule has 0 aromatic heterocycles. The summed E-state index contributed by atoms with van der Waals surface area (Å²) in [5.74, 6) is -0.345. The highest BCUT2D eigenvalue weighted by molar-refractivity contribution is 6.06. The van der Waals surface area contributed by atoms with Gasteiger partial charge in [0.1, 0.15) is 0 Å². The number of rotatable bonds is 3. The van der Waals surface area contributed by atoms with Crippen molar-refractivity contribution in [3.05, 3.63) is 29.8 Å². The molecule has 17 heavy (non-hydrogen) atoms. The zero-order valence-corrected chi connectivity index (χ0v) is 10.1. The fourth-order valence-electron chi connectivity index (χ4n) is 2.45. The molecule has 1 aromatic rings. The number of amides is 1. The standard InChI is InChI=1S/C13H17NO3/c1-3-14-11-7-5-4-6-10(11)13(17,12(14)16)8-9(2)15/h4-7,9,15,17H,3,8H2,1-2H3/t9-,13-/m1/s1. The van der Waals surface area contributed by atoms with Crippen LogP contribution in [0.5, 0.6) is 0 Å². The Bertz CT molecular complexity index is 444. The highest BCUT2D eigenvalue weighted by Gasteiger charge is 2.49. The summed E-state index contributed by atoms with van der Waals surface area (Å²) in [6.45, 7) is 3.95. The molecule has 1 aliphatic heterocycles. The number of fused-ring (bicyclic) bond motifs is 1. The second-order valence-corrected chi connectivity index (χ2v) is 4.48. The predicted octanol–water partition coefficient (Wildman–Crippen LogP) is 1.01. The Morgan fingerprint density at radius 3 is 2.65 bits per heavy atom. The third kappa shape index (κ3) is 1.73. The third-order valence-corrected chi connectivity index (χ3v) is 3.15. The molecule has 0 spiro atoms. The molecule has 0 aliphatic carbocycles. The first-order valence-corrected chi connectivity index (χ1v) is 5.82. The topological polar surface area (TPSA) is 60.8 Å². The molecule has 4 heteroatoms. The van der Waals surface area contributed by atoms with Crippen LogP contribution in [0, 0.1) is 0 Å². The van der Waals surface area contributed by atoms with Crippen LogP contribution in [-0.2, 0) is 10.4 Å². The molecule has 4 nitrogen and oxygen atoms in total. The lowest BCUT2D eigenvalue weighted by Gasteiger charge is -2.23. The minimum absolute atomic E-state index is 0.0271. The van der Waals surface area contributed by atoms with Gasteiger partial charge in [0.15, 0.2) is 5.60 Å². The van der Waals surface area contributed by atoms with E-state index in [1.807, 2.05) is 19.1 Å². The molecule has 0 bridgehead atoms. The minimum Gasteiger partial charge on any atom is -0.393 e. The fraction of sp³-hybridized carbons (Fsp3) is 0.462. The molecule has 0 unspecified atom stereocenters. The SMILES string of the molecule is CCN1C(=O)[C@@](O)(C[C@@H](C)O)c2ccccc21. The molecule has 0 radical (unpaired) electrons. The van der Waals surface area contributed by atoms with Gasteiger partial charge in [-0.2, -0.15) is 0 Å². The largest absolute Gasteiger partial charge is 0.393 e. The monoisotopic (exact) mass is 235 g/mol. The Hall–Kier alpha value is -1.39. The number of para-hydroxylation sites is 1. The number of hydrogen-bond donors (Lipinski definition) is 2. The summed E-state index contributed by atoms with van der Waals surface area (Å²) in [6.07, 6.45) is -0.701. The van der Waals surface area contributed by atoms with Gasteiger partial charge in [0.25, 0.3) is 5.91 Å². The minimum atomic E-state index is -1.58. The number of nitrogens with zero attached hydrogens (tertiary/aromatic N) is 1. The van der Waals surface area contributed by atoms with Crippen molar-refractivity contribution in [1.82, 2.24) is 0 Å². The fourth-order valence-corrected chi connectivity index (χ4v) is 2.45. The van der Waals surface area contributed by atoms with Crippen LogP contribution < -0.4 is 4.90 Å². The van der Waals surface area contributed by atoms with Crippen molar-refractivity contribution in [3.63, 3.8) is 0 Å². The predicted molar refractivity (Wildman–Crippen MR) is 64.7 cm³/mol. The summed E-state index contributed by atoms with van der Waals surface area (Å²) >= 11 is 0. The first kappa shape index (κ1) is 12.1. The molecule has 1 amide bonds. The lowest BCUT2D eigenvalue weighted by atomic mass is 9.90. The number of hydrogen-bond acceptors (Lipinski definition) is 3. The van der Waals surface area contributed by atoms with E-state index in [-0.39, 0.29) is 12.3 Å². The first-order valence-electron chi connectivity index (χ1n) is 5.82. The van der Waals surface area contributed by atoms with Crippen LogP contribution in [0.1, 0.15) is 25.8 Å². The van der Waals surface area contributed by atoms with E-state index in [9.17, 15) is 15.0 Å². The van der Waals surface area contributed by atoms with E-state index in [1.165, 1.54) is 0 Å². The maximum absolute atomic E-state index is 12.2. The van der Waals surface area contributed by atoms with Crippen LogP contribution in [-0.4, -0.2) is 28.8 Å².